The number of hydrogen-bond acceptors (Lipinski definition) is 4. The number of ether oxygens (including phenoxy) is 1. The quantitative estimate of drug-likeness (QED) is 0.805. The Morgan fingerprint density at radius 3 is 2.82 bits per heavy atom. The number of methoxy groups -OCH3 is 1. The molecule has 9 heteroatoms. The number of nitrogens with zero attached hydrogens (tertiary/aromatic N) is 1. The molecule has 0 spiro atoms. The zero-order valence-corrected chi connectivity index (χ0v) is 13.0. The Balaban J connectivity index is 2.07. The molecular formula is C13H17F2N3O3S. The van der Waals surface area contributed by atoms with E-state index in [4.69, 9.17) is 4.74 Å². The summed E-state index contributed by atoms with van der Waals surface area (Å²) in [6.45, 7) is 1.95. The van der Waals surface area contributed by atoms with Gasteiger partial charge in [-0.15, -0.1) is 0 Å². The maximum absolute atomic E-state index is 13.5. The van der Waals surface area contributed by atoms with E-state index in [0.29, 0.717) is 12.1 Å². The molecule has 1 unspecified atom stereocenters. The Hall–Kier alpha value is -1.58. The second-order valence-corrected chi connectivity index (χ2v) is 6.96. The van der Waals surface area contributed by atoms with Gasteiger partial charge in [0.2, 0.25) is 10.0 Å². The Morgan fingerprint density at radius 2 is 2.14 bits per heavy atom. The second kappa shape index (κ2) is 6.67. The first kappa shape index (κ1) is 16.8. The van der Waals surface area contributed by atoms with Crippen molar-refractivity contribution in [3.8, 4) is 0 Å². The van der Waals surface area contributed by atoms with Crippen LogP contribution in [-0.4, -0.2) is 37.9 Å². The average Bonchev–Trinajstić information content (AvgIpc) is 2.85. The Bertz CT molecular complexity index is 761. The first-order valence-corrected chi connectivity index (χ1v) is 8.26. The van der Waals surface area contributed by atoms with E-state index in [1.807, 2.05) is 0 Å². The summed E-state index contributed by atoms with van der Waals surface area (Å²) in [5.41, 5.74) is 0.155. The molecule has 2 aromatic rings. The van der Waals surface area contributed by atoms with Gasteiger partial charge in [0.05, 0.1) is 17.8 Å². The number of imidazole rings is 1. The fraction of sp³-hybridized carbons (Fsp3) is 0.462. The number of aromatic nitrogens is 2. The molecular weight excluding hydrogens is 316 g/mol. The fourth-order valence-corrected chi connectivity index (χ4v) is 3.42. The minimum Gasteiger partial charge on any atom is -0.384 e. The van der Waals surface area contributed by atoms with Crippen LogP contribution >= 0.6 is 0 Å². The molecule has 0 saturated carbocycles. The maximum atomic E-state index is 13.5. The van der Waals surface area contributed by atoms with Crippen LogP contribution in [0.4, 0.5) is 8.78 Å². The van der Waals surface area contributed by atoms with Crippen molar-refractivity contribution < 1.29 is 21.9 Å². The monoisotopic (exact) mass is 333 g/mol. The van der Waals surface area contributed by atoms with Crippen LogP contribution in [0, 0.1) is 17.6 Å². The summed E-state index contributed by atoms with van der Waals surface area (Å²) in [6, 6.07) is 2.33. The highest BCUT2D eigenvalue weighted by Crippen LogP contribution is 2.18. The van der Waals surface area contributed by atoms with Crippen molar-refractivity contribution in [2.24, 2.45) is 5.92 Å². The molecule has 2 N–H and O–H groups in total. The molecule has 122 valence electrons. The predicted molar refractivity (Wildman–Crippen MR) is 77.7 cm³/mol. The van der Waals surface area contributed by atoms with Gasteiger partial charge in [-0.3, -0.25) is 0 Å². The highest BCUT2D eigenvalue weighted by molar-refractivity contribution is 7.89. The van der Waals surface area contributed by atoms with E-state index in [1.165, 1.54) is 13.2 Å². The van der Waals surface area contributed by atoms with Crippen LogP contribution in [0.15, 0.2) is 12.1 Å². The van der Waals surface area contributed by atoms with Gasteiger partial charge in [-0.05, 0) is 18.1 Å². The van der Waals surface area contributed by atoms with Crippen molar-refractivity contribution in [1.82, 2.24) is 14.7 Å². The lowest BCUT2D eigenvalue weighted by Gasteiger charge is -2.11. The minimum absolute atomic E-state index is 0.0932. The van der Waals surface area contributed by atoms with Gasteiger partial charge in [-0.25, -0.2) is 26.9 Å². The van der Waals surface area contributed by atoms with E-state index in [2.05, 4.69) is 14.7 Å². The van der Waals surface area contributed by atoms with E-state index in [0.717, 1.165) is 6.07 Å². The Kier molecular flexibility index (Phi) is 5.09. The van der Waals surface area contributed by atoms with Gasteiger partial charge in [0.15, 0.2) is 11.6 Å². The molecule has 22 heavy (non-hydrogen) atoms. The van der Waals surface area contributed by atoms with Crippen LogP contribution in [0.2, 0.25) is 0 Å². The van der Waals surface area contributed by atoms with Crippen LogP contribution < -0.4 is 4.72 Å². The first-order valence-electron chi connectivity index (χ1n) is 6.61. The van der Waals surface area contributed by atoms with Crippen LogP contribution in [0.25, 0.3) is 11.0 Å². The largest absolute Gasteiger partial charge is 0.384 e. The summed E-state index contributed by atoms with van der Waals surface area (Å²) in [4.78, 5) is 6.61. The van der Waals surface area contributed by atoms with E-state index in [9.17, 15) is 17.2 Å². The molecule has 0 fully saturated rings. The lowest BCUT2D eigenvalue weighted by molar-refractivity contribution is 0.167. The number of hydrogen-bond donors (Lipinski definition) is 2. The standard InChI is InChI=1S/C13H17F2N3O3S/c1-8(6-21-2)7-22(19,20)16-5-11-17-10-4-3-9(14)12(15)13(10)18-11/h3-4,8,16H,5-7H2,1-2H3,(H,17,18). The minimum atomic E-state index is -3.51. The average molecular weight is 333 g/mol. The summed E-state index contributed by atoms with van der Waals surface area (Å²) in [6.07, 6.45) is 0. The molecule has 0 aliphatic rings. The number of aromatic amines is 1. The molecule has 0 aliphatic heterocycles. The van der Waals surface area contributed by atoms with Crippen molar-refractivity contribution in [2.45, 2.75) is 13.5 Å². The van der Waals surface area contributed by atoms with Gasteiger partial charge < -0.3 is 9.72 Å². The molecule has 0 amide bonds. The van der Waals surface area contributed by atoms with Crippen LogP contribution in [0.3, 0.4) is 0 Å². The van der Waals surface area contributed by atoms with Gasteiger partial charge in [-0.1, -0.05) is 6.92 Å². The SMILES string of the molecule is COCC(C)CS(=O)(=O)NCc1nc2c(F)c(F)ccc2[nH]1. The van der Waals surface area contributed by atoms with Gasteiger partial charge in [0.25, 0.3) is 0 Å². The maximum Gasteiger partial charge on any atom is 0.212 e. The molecule has 1 aromatic carbocycles. The van der Waals surface area contributed by atoms with Crippen LogP contribution in [-0.2, 0) is 21.3 Å². The number of H-pyrrole nitrogens is 1. The summed E-state index contributed by atoms with van der Waals surface area (Å²) in [5.74, 6) is -2.10. The van der Waals surface area contributed by atoms with Gasteiger partial charge in [0.1, 0.15) is 11.3 Å². The molecule has 1 aromatic heterocycles. The molecule has 0 saturated heterocycles. The highest BCUT2D eigenvalue weighted by Gasteiger charge is 2.17. The number of halogens is 2. The molecule has 6 nitrogen and oxygen atoms in total. The molecule has 2 rings (SSSR count). The number of sulfonamides is 1. The van der Waals surface area contributed by atoms with Crippen molar-refractivity contribution in [3.05, 3.63) is 29.6 Å². The molecule has 1 heterocycles. The molecule has 0 radical (unpaired) electrons. The summed E-state index contributed by atoms with van der Waals surface area (Å²) in [7, 11) is -2.02. The van der Waals surface area contributed by atoms with Gasteiger partial charge >= 0.3 is 0 Å². The van der Waals surface area contributed by atoms with E-state index < -0.39 is 21.7 Å². The number of fused-ring (bicyclic) bond motifs is 1. The smallest absolute Gasteiger partial charge is 0.212 e. The van der Waals surface area contributed by atoms with Crippen LogP contribution in [0.1, 0.15) is 12.7 Å². The van der Waals surface area contributed by atoms with Crippen molar-refractivity contribution in [1.29, 1.82) is 0 Å². The number of rotatable bonds is 7. The number of benzene rings is 1. The number of nitrogens with one attached hydrogen (secondary N) is 2. The van der Waals surface area contributed by atoms with Gasteiger partial charge in [0, 0.05) is 13.7 Å². The zero-order valence-electron chi connectivity index (χ0n) is 12.2. The van der Waals surface area contributed by atoms with Gasteiger partial charge in [-0.2, -0.15) is 0 Å². The summed E-state index contributed by atoms with van der Waals surface area (Å²) >= 11 is 0. The molecule has 1 atom stereocenters. The van der Waals surface area contributed by atoms with Crippen molar-refractivity contribution >= 4 is 21.1 Å². The molecule has 0 bridgehead atoms. The normalized spacial score (nSPS) is 13.6. The first-order chi connectivity index (χ1) is 10.3. The summed E-state index contributed by atoms with van der Waals surface area (Å²) < 4.78 is 57.7. The predicted octanol–water partition coefficient (Wildman–Crippen LogP) is 1.54. The Labute approximate surface area is 126 Å². The third kappa shape index (κ3) is 3.99. The highest BCUT2D eigenvalue weighted by atomic mass is 32.2. The molecule has 0 aliphatic carbocycles. The summed E-state index contributed by atoms with van der Waals surface area (Å²) in [5, 5.41) is 0. The zero-order chi connectivity index (χ0) is 16.3. The topological polar surface area (TPSA) is 84.1 Å². The lowest BCUT2D eigenvalue weighted by atomic mass is 10.2. The Morgan fingerprint density at radius 1 is 1.41 bits per heavy atom. The van der Waals surface area contributed by atoms with E-state index in [1.54, 1.807) is 6.92 Å². The lowest BCUT2D eigenvalue weighted by Crippen LogP contribution is -2.30. The third-order valence-electron chi connectivity index (χ3n) is 3.01. The van der Waals surface area contributed by atoms with Crippen molar-refractivity contribution in [3.63, 3.8) is 0 Å². The van der Waals surface area contributed by atoms with E-state index >= 15 is 0 Å². The third-order valence-corrected chi connectivity index (χ3v) is 4.60. The van der Waals surface area contributed by atoms with E-state index in [-0.39, 0.29) is 29.6 Å². The van der Waals surface area contributed by atoms with Crippen LogP contribution in [0.5, 0.6) is 0 Å². The second-order valence-electron chi connectivity index (χ2n) is 5.10. The fourth-order valence-electron chi connectivity index (χ4n) is 2.10. The van der Waals surface area contributed by atoms with Crippen molar-refractivity contribution in [2.75, 3.05) is 19.5 Å².